The molecular weight excluding hydrogens is 473 g/mol. The average molecular weight is 497 g/mol. The van der Waals surface area contributed by atoms with E-state index in [1.54, 1.807) is 92.0 Å². The first kappa shape index (κ1) is 23.5. The minimum atomic E-state index is -3.90. The molecule has 0 fully saturated rings. The topological polar surface area (TPSA) is 65.1 Å². The Morgan fingerprint density at radius 2 is 1.17 bits per heavy atom. The molecule has 0 spiro atoms. The van der Waals surface area contributed by atoms with Gasteiger partial charge in [0.2, 0.25) is 0 Å². The number of benzene rings is 4. The van der Waals surface area contributed by atoms with Gasteiger partial charge in [-0.2, -0.15) is 0 Å². The van der Waals surface area contributed by atoms with E-state index in [1.165, 1.54) is 4.90 Å². The molecule has 1 aliphatic rings. The molecule has 6 nitrogen and oxygen atoms in total. The third-order valence-corrected chi connectivity index (χ3v) is 7.92. The predicted molar refractivity (Wildman–Crippen MR) is 140 cm³/mol. The summed E-state index contributed by atoms with van der Waals surface area (Å²) in [6, 6.07) is 34.0. The Kier molecular flexibility index (Phi) is 6.61. The Labute approximate surface area is 209 Å². The zero-order valence-electron chi connectivity index (χ0n) is 19.6. The zero-order chi connectivity index (χ0) is 25.0. The molecule has 1 aliphatic heterocycles. The van der Waals surface area contributed by atoms with Gasteiger partial charge in [-0.05, 0) is 60.5 Å². The number of ether oxygens (including phenoxy) is 1. The first-order valence-electron chi connectivity index (χ1n) is 11.5. The number of hydrogen-bond acceptors (Lipinski definition) is 5. The van der Waals surface area contributed by atoms with E-state index in [0.717, 1.165) is 0 Å². The maximum atomic E-state index is 14.6. The number of carbonyl (C=O) groups is 1. The number of hydrogen-bond donors (Lipinski definition) is 0. The van der Waals surface area contributed by atoms with Crippen molar-refractivity contribution in [3.63, 3.8) is 0 Å². The van der Waals surface area contributed by atoms with Gasteiger partial charge in [0.25, 0.3) is 0 Å². The summed E-state index contributed by atoms with van der Waals surface area (Å²) in [6.07, 6.45) is 1.06. The molecule has 5 rings (SSSR count). The van der Waals surface area contributed by atoms with Gasteiger partial charge < -0.3 is 13.8 Å². The van der Waals surface area contributed by atoms with Crippen LogP contribution in [0.15, 0.2) is 127 Å². The number of rotatable bonds is 6. The molecule has 0 radical (unpaired) electrons. The van der Waals surface area contributed by atoms with Crippen LogP contribution in [0, 0.1) is 0 Å². The molecule has 4 aromatic rings. The predicted octanol–water partition coefficient (Wildman–Crippen LogP) is 8.00. The SMILES string of the molecule is CC1=CN(C(=O)Oc2ccccc2)c2ccccc2C1P(=O)(Oc1ccccc1)Oc1ccccc1. The Balaban J connectivity index is 1.56. The molecule has 1 unspecified atom stereocenters. The van der Waals surface area contributed by atoms with Gasteiger partial charge in [-0.3, -0.25) is 4.90 Å². The van der Waals surface area contributed by atoms with Crippen molar-refractivity contribution in [2.24, 2.45) is 0 Å². The summed E-state index contributed by atoms with van der Waals surface area (Å²) < 4.78 is 32.5. The van der Waals surface area contributed by atoms with E-state index in [1.807, 2.05) is 36.4 Å². The minimum Gasteiger partial charge on any atom is -0.415 e. The van der Waals surface area contributed by atoms with E-state index >= 15 is 0 Å². The Bertz CT molecular complexity index is 1380. The van der Waals surface area contributed by atoms with Gasteiger partial charge in [-0.15, -0.1) is 0 Å². The Hall–Kier alpha value is -4.28. The van der Waals surface area contributed by atoms with Crippen LogP contribution in [0.5, 0.6) is 17.2 Å². The summed E-state index contributed by atoms with van der Waals surface area (Å²) in [5.41, 5.74) is 1.06. The summed E-state index contributed by atoms with van der Waals surface area (Å²) >= 11 is 0. The second kappa shape index (κ2) is 10.1. The number of anilines is 1. The van der Waals surface area contributed by atoms with Gasteiger partial charge in [-0.25, -0.2) is 9.36 Å². The Morgan fingerprint density at radius 3 is 1.72 bits per heavy atom. The maximum Gasteiger partial charge on any atom is 0.442 e. The number of carbonyl (C=O) groups excluding carboxylic acids is 1. The van der Waals surface area contributed by atoms with Crippen LogP contribution in [-0.2, 0) is 4.57 Å². The molecule has 4 aromatic carbocycles. The van der Waals surface area contributed by atoms with E-state index in [0.29, 0.717) is 34.1 Å². The van der Waals surface area contributed by atoms with Gasteiger partial charge in [0, 0.05) is 6.20 Å². The fraction of sp³-hybridized carbons (Fsp3) is 0.0690. The summed E-state index contributed by atoms with van der Waals surface area (Å²) in [4.78, 5) is 14.6. The molecule has 7 heteroatoms. The smallest absolute Gasteiger partial charge is 0.415 e. The highest BCUT2D eigenvalue weighted by molar-refractivity contribution is 7.55. The summed E-state index contributed by atoms with van der Waals surface area (Å²) in [5.74, 6) is 1.28. The molecule has 0 aliphatic carbocycles. The van der Waals surface area contributed by atoms with Gasteiger partial charge in [0.05, 0.1) is 5.69 Å². The molecule has 0 saturated heterocycles. The van der Waals surface area contributed by atoms with E-state index in [-0.39, 0.29) is 0 Å². The molecule has 0 aromatic heterocycles. The zero-order valence-corrected chi connectivity index (χ0v) is 20.5. The second-order valence-corrected chi connectivity index (χ2v) is 10.2. The molecule has 0 saturated carbocycles. The van der Waals surface area contributed by atoms with Crippen LogP contribution < -0.4 is 18.7 Å². The first-order chi connectivity index (χ1) is 17.5. The van der Waals surface area contributed by atoms with Crippen LogP contribution in [0.25, 0.3) is 0 Å². The molecule has 0 bridgehead atoms. The average Bonchev–Trinajstić information content (AvgIpc) is 2.89. The minimum absolute atomic E-state index is 0.424. The maximum absolute atomic E-state index is 14.6. The van der Waals surface area contributed by atoms with Gasteiger partial charge in [-0.1, -0.05) is 72.8 Å². The largest absolute Gasteiger partial charge is 0.442 e. The van der Waals surface area contributed by atoms with Crippen LogP contribution in [0.4, 0.5) is 10.5 Å². The van der Waals surface area contributed by atoms with Crippen molar-refractivity contribution in [1.29, 1.82) is 0 Å². The number of para-hydroxylation sites is 4. The molecule has 180 valence electrons. The fourth-order valence-corrected chi connectivity index (χ4v) is 6.32. The normalized spacial score (nSPS) is 14.9. The third kappa shape index (κ3) is 4.90. The van der Waals surface area contributed by atoms with Crippen LogP contribution in [-0.4, -0.2) is 6.09 Å². The Morgan fingerprint density at radius 1 is 0.694 bits per heavy atom. The quantitative estimate of drug-likeness (QED) is 0.253. The lowest BCUT2D eigenvalue weighted by Gasteiger charge is -2.35. The van der Waals surface area contributed by atoms with Crippen LogP contribution in [0.3, 0.4) is 0 Å². The monoisotopic (exact) mass is 497 g/mol. The van der Waals surface area contributed by atoms with E-state index in [2.05, 4.69) is 0 Å². The molecular formula is C29H24NO5P. The van der Waals surface area contributed by atoms with Crippen molar-refractivity contribution >= 4 is 19.4 Å². The molecule has 1 atom stereocenters. The summed E-state index contributed by atoms with van der Waals surface area (Å²) in [6.45, 7) is 1.80. The van der Waals surface area contributed by atoms with Crippen molar-refractivity contribution in [3.05, 3.63) is 133 Å². The molecule has 1 amide bonds. The number of allylic oxidation sites excluding steroid dienone is 1. The van der Waals surface area contributed by atoms with Gasteiger partial charge >= 0.3 is 13.7 Å². The standard InChI is InChI=1S/C29H24NO5P/c1-22-21-30(29(31)33-23-13-5-2-6-14-23)27-20-12-11-19-26(27)28(22)36(32,34-24-15-7-3-8-16-24)35-25-17-9-4-10-18-25/h2-21,28H,1H3. The lowest BCUT2D eigenvalue weighted by atomic mass is 10.0. The number of nitrogens with zero attached hydrogens (tertiary/aromatic N) is 1. The van der Waals surface area contributed by atoms with E-state index in [9.17, 15) is 9.36 Å². The van der Waals surface area contributed by atoms with Crippen LogP contribution in [0.2, 0.25) is 0 Å². The van der Waals surface area contributed by atoms with Gasteiger partial charge in [0.15, 0.2) is 0 Å². The van der Waals surface area contributed by atoms with Crippen LogP contribution in [0.1, 0.15) is 18.1 Å². The molecule has 36 heavy (non-hydrogen) atoms. The van der Waals surface area contributed by atoms with Crippen molar-refractivity contribution < 1.29 is 23.1 Å². The first-order valence-corrected chi connectivity index (χ1v) is 13.1. The highest BCUT2D eigenvalue weighted by Gasteiger charge is 2.46. The fourth-order valence-electron chi connectivity index (χ4n) is 4.12. The van der Waals surface area contributed by atoms with Crippen molar-refractivity contribution in [2.75, 3.05) is 4.90 Å². The highest BCUT2D eigenvalue weighted by atomic mass is 31.2. The highest BCUT2D eigenvalue weighted by Crippen LogP contribution is 2.65. The molecule has 0 N–H and O–H groups in total. The lowest BCUT2D eigenvalue weighted by Crippen LogP contribution is -2.33. The number of fused-ring (bicyclic) bond motifs is 1. The van der Waals surface area contributed by atoms with E-state index < -0.39 is 19.3 Å². The van der Waals surface area contributed by atoms with Crippen molar-refractivity contribution in [2.45, 2.75) is 12.6 Å². The third-order valence-electron chi connectivity index (χ3n) is 5.67. The van der Waals surface area contributed by atoms with E-state index in [4.69, 9.17) is 13.8 Å². The van der Waals surface area contributed by atoms with Crippen molar-refractivity contribution in [1.82, 2.24) is 0 Å². The summed E-state index contributed by atoms with van der Waals surface area (Å²) in [7, 11) is -3.90. The van der Waals surface area contributed by atoms with Gasteiger partial charge in [0.1, 0.15) is 22.9 Å². The number of amides is 1. The summed E-state index contributed by atoms with van der Waals surface area (Å²) in [5, 5.41) is 0. The lowest BCUT2D eigenvalue weighted by molar-refractivity contribution is 0.210. The second-order valence-electron chi connectivity index (χ2n) is 8.23. The molecule has 1 heterocycles. The van der Waals surface area contributed by atoms with Crippen molar-refractivity contribution in [3.8, 4) is 17.2 Å². The van der Waals surface area contributed by atoms with Crippen LogP contribution >= 0.6 is 7.60 Å².